The zero-order valence-corrected chi connectivity index (χ0v) is 14.2. The molecule has 0 aromatic heterocycles. The summed E-state index contributed by atoms with van der Waals surface area (Å²) in [7, 11) is 0. The Morgan fingerprint density at radius 2 is 0.444 bits per heavy atom. The van der Waals surface area contributed by atoms with Crippen molar-refractivity contribution in [3.63, 3.8) is 0 Å². The van der Waals surface area contributed by atoms with Crippen LogP contribution in [-0.2, 0) is 16.4 Å². The maximum atomic E-state index is 0. The topological polar surface area (TPSA) is 85.5 Å². The van der Waals surface area contributed by atoms with Gasteiger partial charge in [0.25, 0.3) is 0 Å². The molecule has 0 aliphatic heterocycles. The standard InChI is InChI=1S/2Al.2In.3O.2Sn.10H/q2*+3;;;3*-2;;;;;;;;;;;;. The van der Waals surface area contributed by atoms with E-state index >= 15 is 0 Å². The van der Waals surface area contributed by atoms with E-state index in [0.29, 0.717) is 0 Å². The summed E-state index contributed by atoms with van der Waals surface area (Å²) in [5.74, 6) is 0. The van der Waals surface area contributed by atoms with Crippen LogP contribution in [-0.4, -0.2) is 134 Å². The van der Waals surface area contributed by atoms with Gasteiger partial charge in [0.1, 0.15) is 0 Å². The van der Waals surface area contributed by atoms with Gasteiger partial charge in [-0.25, -0.2) is 0 Å². The molecule has 9 heteroatoms. The van der Waals surface area contributed by atoms with Crippen molar-refractivity contribution in [2.75, 3.05) is 0 Å². The first-order valence-electron chi connectivity index (χ1n) is 0. The molecule has 0 heterocycles. The second-order valence-electron chi connectivity index (χ2n) is 0. The molecule has 0 bridgehead atoms. The average Bonchev–Trinajstić information content (AvgIpc) is 0. The molecule has 0 rings (SSSR count). The summed E-state index contributed by atoms with van der Waals surface area (Å²) in [6.45, 7) is 0. The van der Waals surface area contributed by atoms with E-state index in [1.807, 2.05) is 0 Å². The monoisotopic (exact) mass is 582 g/mol. The van der Waals surface area contributed by atoms with Gasteiger partial charge in [-0.3, -0.25) is 0 Å². The van der Waals surface area contributed by atoms with Gasteiger partial charge in [-0.1, -0.05) is 0 Å². The Morgan fingerprint density at radius 3 is 0.444 bits per heavy atom. The number of rotatable bonds is 0. The molecule has 0 spiro atoms. The van der Waals surface area contributed by atoms with E-state index in [1.54, 1.807) is 0 Å². The second kappa shape index (κ2) is 85.2. The molecule has 0 saturated carbocycles. The molecule has 3 nitrogen and oxygen atoms in total. The Kier molecular flexibility index (Phi) is 1030. The van der Waals surface area contributed by atoms with Gasteiger partial charge in [0, 0.05) is 0 Å². The summed E-state index contributed by atoms with van der Waals surface area (Å²) in [6, 6.07) is 0. The normalized spacial score (nSPS) is 0. The van der Waals surface area contributed by atoms with Crippen LogP contribution in [0.3, 0.4) is 0 Å². The zero-order chi connectivity index (χ0) is 0. The van der Waals surface area contributed by atoms with Gasteiger partial charge in [-0.2, -0.15) is 0 Å². The van der Waals surface area contributed by atoms with Crippen molar-refractivity contribution >= 4 is 134 Å². The maximum absolute atomic E-state index is 0. The van der Waals surface area contributed by atoms with Crippen LogP contribution in [0.25, 0.3) is 0 Å². The molecule has 0 aliphatic carbocycles. The molecular formula is H10Al2In2O3Sn2. The molecule has 0 atom stereocenters. The first-order chi connectivity index (χ1) is 0. The van der Waals surface area contributed by atoms with Gasteiger partial charge >= 0.3 is 134 Å². The fourth-order valence-corrected chi connectivity index (χ4v) is 0. The third kappa shape index (κ3) is 70.8. The minimum absolute atomic E-state index is 0. The molecule has 0 unspecified atom stereocenters. The van der Waals surface area contributed by atoms with Crippen molar-refractivity contribution in [1.29, 1.82) is 0 Å². The Morgan fingerprint density at radius 1 is 0.444 bits per heavy atom. The summed E-state index contributed by atoms with van der Waals surface area (Å²) in [5, 5.41) is 0. The van der Waals surface area contributed by atoms with Crippen LogP contribution >= 0.6 is 0 Å². The summed E-state index contributed by atoms with van der Waals surface area (Å²) in [4.78, 5) is 0. The SMILES string of the molecule is [Al+3].[Al+3].[InH3].[InH3].[O-2].[O-2].[O-2].[SnH2].[SnH2]. The molecule has 0 aromatic rings. The van der Waals surface area contributed by atoms with Crippen molar-refractivity contribution in [3.8, 4) is 0 Å². The van der Waals surface area contributed by atoms with E-state index in [1.165, 1.54) is 0 Å². The van der Waals surface area contributed by atoms with Crippen molar-refractivity contribution in [2.45, 2.75) is 0 Å². The van der Waals surface area contributed by atoms with E-state index < -0.39 is 0 Å². The van der Waals surface area contributed by atoms with E-state index in [2.05, 4.69) is 0 Å². The molecule has 0 aliphatic rings. The van der Waals surface area contributed by atoms with Gasteiger partial charge in [0.2, 0.25) is 0 Å². The molecule has 0 amide bonds. The molecule has 4 radical (unpaired) electrons. The van der Waals surface area contributed by atoms with Gasteiger partial charge in [-0.15, -0.1) is 0 Å². The van der Waals surface area contributed by atoms with Crippen LogP contribution in [0.1, 0.15) is 0 Å². The zero-order valence-electron chi connectivity index (χ0n) is 3.79. The van der Waals surface area contributed by atoms with Crippen molar-refractivity contribution in [1.82, 2.24) is 0 Å². The molecule has 9 heavy (non-hydrogen) atoms. The molecule has 48 valence electrons. The number of hydrogen-bond donors (Lipinski definition) is 0. The summed E-state index contributed by atoms with van der Waals surface area (Å²) < 4.78 is 0. The van der Waals surface area contributed by atoms with Crippen LogP contribution in [0.5, 0.6) is 0 Å². The van der Waals surface area contributed by atoms with E-state index in [0.717, 1.165) is 0 Å². The van der Waals surface area contributed by atoms with E-state index in [9.17, 15) is 0 Å². The Hall–Kier alpha value is 4.28. The van der Waals surface area contributed by atoms with Crippen LogP contribution in [0.15, 0.2) is 0 Å². The van der Waals surface area contributed by atoms with Crippen LogP contribution in [0.2, 0.25) is 0 Å². The molecule has 0 aromatic carbocycles. The van der Waals surface area contributed by atoms with Crippen LogP contribution in [0.4, 0.5) is 0 Å². The van der Waals surface area contributed by atoms with Gasteiger partial charge < -0.3 is 16.4 Å². The van der Waals surface area contributed by atoms with Crippen molar-refractivity contribution in [2.24, 2.45) is 0 Å². The van der Waals surface area contributed by atoms with Gasteiger partial charge in [0.05, 0.1) is 0 Å². The van der Waals surface area contributed by atoms with E-state index in [-0.39, 0.29) is 151 Å². The van der Waals surface area contributed by atoms with Crippen LogP contribution in [0, 0.1) is 0 Å². The summed E-state index contributed by atoms with van der Waals surface area (Å²) in [6.07, 6.45) is 0. The Labute approximate surface area is 148 Å². The van der Waals surface area contributed by atoms with Gasteiger partial charge in [0.15, 0.2) is 0 Å². The predicted molar refractivity (Wildman–Crippen MR) is 50.5 cm³/mol. The predicted octanol–water partition coefficient (Wildman–Crippen LogP) is -5.32. The number of hydrogen-bond acceptors (Lipinski definition) is 0. The average molecular weight is 579 g/mol. The second-order valence-corrected chi connectivity index (χ2v) is 0. The molecule has 0 N–H and O–H groups in total. The quantitative estimate of drug-likeness (QED) is 0.257. The Balaban J connectivity index is 0. The van der Waals surface area contributed by atoms with Gasteiger partial charge in [-0.05, 0) is 0 Å². The van der Waals surface area contributed by atoms with Crippen molar-refractivity contribution < 1.29 is 16.4 Å². The van der Waals surface area contributed by atoms with E-state index in [4.69, 9.17) is 0 Å². The molecular weight excluding hydrogens is 569 g/mol. The molecule has 0 saturated heterocycles. The third-order valence-corrected chi connectivity index (χ3v) is 0. The van der Waals surface area contributed by atoms with Crippen molar-refractivity contribution in [3.05, 3.63) is 0 Å². The fraction of sp³-hybridized carbons (Fsp3) is 0. The third-order valence-electron chi connectivity index (χ3n) is 0. The fourth-order valence-electron chi connectivity index (χ4n) is 0. The minimum atomic E-state index is 0. The first-order valence-corrected chi connectivity index (χ1v) is 0. The molecule has 0 fully saturated rings. The Bertz CT molecular complexity index is 17.8. The van der Waals surface area contributed by atoms with Crippen LogP contribution < -0.4 is 0 Å². The summed E-state index contributed by atoms with van der Waals surface area (Å²) in [5.41, 5.74) is 0. The summed E-state index contributed by atoms with van der Waals surface area (Å²) >= 11 is 0. The first kappa shape index (κ1) is 109.